The molecular formula is C19H25ClN2O2. The number of nitrogens with one attached hydrogen (secondary N) is 1. The number of amides is 1. The van der Waals surface area contributed by atoms with Gasteiger partial charge in [-0.25, -0.2) is 0 Å². The van der Waals surface area contributed by atoms with Crippen molar-refractivity contribution in [3.63, 3.8) is 0 Å². The van der Waals surface area contributed by atoms with Crippen LogP contribution in [0.2, 0.25) is 0 Å². The fourth-order valence-corrected chi connectivity index (χ4v) is 4.14. The molecule has 1 amide bonds. The normalized spacial score (nSPS) is 19.7. The van der Waals surface area contributed by atoms with E-state index in [9.17, 15) is 4.79 Å². The number of likely N-dealkylation sites (tertiary alicyclic amines) is 1. The van der Waals surface area contributed by atoms with Gasteiger partial charge in [-0.1, -0.05) is 18.2 Å². The lowest BCUT2D eigenvalue weighted by atomic mass is 9.78. The number of halogens is 1. The number of carbonyl (C=O) groups excluding carboxylic acids is 1. The van der Waals surface area contributed by atoms with E-state index in [-0.39, 0.29) is 18.3 Å². The summed E-state index contributed by atoms with van der Waals surface area (Å²) in [5, 5.41) is 4.53. The van der Waals surface area contributed by atoms with Crippen LogP contribution in [0.15, 0.2) is 22.6 Å². The molecule has 0 bridgehead atoms. The summed E-state index contributed by atoms with van der Waals surface area (Å²) in [5.41, 5.74) is 3.33. The number of aryl methyl sites for hydroxylation is 2. The molecule has 4 nitrogen and oxygen atoms in total. The number of hydrogen-bond acceptors (Lipinski definition) is 3. The van der Waals surface area contributed by atoms with Gasteiger partial charge in [-0.15, -0.1) is 12.4 Å². The molecule has 2 aliphatic rings. The average Bonchev–Trinajstić information content (AvgIpc) is 3.14. The van der Waals surface area contributed by atoms with Gasteiger partial charge in [0.15, 0.2) is 5.76 Å². The summed E-state index contributed by atoms with van der Waals surface area (Å²) in [6.45, 7) is 7.93. The van der Waals surface area contributed by atoms with E-state index in [1.54, 1.807) is 0 Å². The Labute approximate surface area is 149 Å². The van der Waals surface area contributed by atoms with Crippen molar-refractivity contribution in [2.45, 2.75) is 33.1 Å². The molecule has 1 spiro atoms. The third kappa shape index (κ3) is 2.72. The molecule has 2 aromatic rings. The third-order valence-electron chi connectivity index (χ3n) is 5.80. The first-order chi connectivity index (χ1) is 11.1. The molecule has 130 valence electrons. The molecule has 0 radical (unpaired) electrons. The van der Waals surface area contributed by atoms with E-state index in [4.69, 9.17) is 4.42 Å². The highest BCUT2D eigenvalue weighted by Crippen LogP contribution is 2.38. The van der Waals surface area contributed by atoms with E-state index in [2.05, 4.69) is 5.32 Å². The highest BCUT2D eigenvalue weighted by Gasteiger charge is 2.38. The smallest absolute Gasteiger partial charge is 0.289 e. The number of para-hydroxylation sites is 1. The number of furan rings is 1. The van der Waals surface area contributed by atoms with Gasteiger partial charge in [-0.2, -0.15) is 0 Å². The van der Waals surface area contributed by atoms with Crippen molar-refractivity contribution in [1.29, 1.82) is 0 Å². The van der Waals surface area contributed by atoms with Gasteiger partial charge in [0.2, 0.25) is 0 Å². The Morgan fingerprint density at radius 1 is 1.21 bits per heavy atom. The van der Waals surface area contributed by atoms with Crippen molar-refractivity contribution in [3.8, 4) is 0 Å². The summed E-state index contributed by atoms with van der Waals surface area (Å²) in [4.78, 5) is 14.9. The highest BCUT2D eigenvalue weighted by molar-refractivity contribution is 5.99. The molecule has 3 heterocycles. The van der Waals surface area contributed by atoms with E-state index >= 15 is 0 Å². The Morgan fingerprint density at radius 2 is 1.96 bits per heavy atom. The van der Waals surface area contributed by atoms with Crippen molar-refractivity contribution in [2.75, 3.05) is 26.2 Å². The monoisotopic (exact) mass is 348 g/mol. The van der Waals surface area contributed by atoms with Crippen LogP contribution in [-0.2, 0) is 0 Å². The molecule has 2 aliphatic heterocycles. The zero-order chi connectivity index (χ0) is 16.0. The van der Waals surface area contributed by atoms with Crippen LogP contribution >= 0.6 is 12.4 Å². The predicted octanol–water partition coefficient (Wildman–Crippen LogP) is 3.69. The number of fused-ring (bicyclic) bond motifs is 1. The first-order valence-corrected chi connectivity index (χ1v) is 8.58. The Kier molecular flexibility index (Phi) is 4.63. The molecule has 0 saturated carbocycles. The summed E-state index contributed by atoms with van der Waals surface area (Å²) >= 11 is 0. The average molecular weight is 349 g/mol. The van der Waals surface area contributed by atoms with E-state index < -0.39 is 0 Å². The Morgan fingerprint density at radius 3 is 2.58 bits per heavy atom. The SMILES string of the molecule is Cc1c(C(=O)N2CCC3(CCNC3)CC2)oc2c(C)cccc12.Cl. The molecule has 2 saturated heterocycles. The first-order valence-electron chi connectivity index (χ1n) is 8.58. The lowest BCUT2D eigenvalue weighted by Crippen LogP contribution is -2.44. The van der Waals surface area contributed by atoms with Crippen LogP contribution in [0.5, 0.6) is 0 Å². The van der Waals surface area contributed by atoms with E-state index in [0.29, 0.717) is 11.2 Å². The fourth-order valence-electron chi connectivity index (χ4n) is 4.14. The Hall–Kier alpha value is -1.52. The third-order valence-corrected chi connectivity index (χ3v) is 5.80. The van der Waals surface area contributed by atoms with Crippen LogP contribution in [0.25, 0.3) is 11.0 Å². The second-order valence-corrected chi connectivity index (χ2v) is 7.23. The fraction of sp³-hybridized carbons (Fsp3) is 0.526. The van der Waals surface area contributed by atoms with Gasteiger partial charge in [0.05, 0.1) is 0 Å². The summed E-state index contributed by atoms with van der Waals surface area (Å²) in [6, 6.07) is 6.08. The van der Waals surface area contributed by atoms with Gasteiger partial charge in [-0.05, 0) is 50.6 Å². The van der Waals surface area contributed by atoms with Crippen LogP contribution < -0.4 is 5.32 Å². The second kappa shape index (κ2) is 6.41. The van der Waals surface area contributed by atoms with E-state index in [1.165, 1.54) is 6.42 Å². The summed E-state index contributed by atoms with van der Waals surface area (Å²) < 4.78 is 5.96. The number of hydrogen-bond donors (Lipinski definition) is 1. The lowest BCUT2D eigenvalue weighted by Gasteiger charge is -2.38. The summed E-state index contributed by atoms with van der Waals surface area (Å²) in [5.74, 6) is 0.578. The van der Waals surface area contributed by atoms with Crippen molar-refractivity contribution in [2.24, 2.45) is 5.41 Å². The molecule has 5 heteroatoms. The molecular weight excluding hydrogens is 324 g/mol. The molecule has 0 unspecified atom stereocenters. The van der Waals surface area contributed by atoms with Gasteiger partial charge in [0, 0.05) is 30.6 Å². The number of benzene rings is 1. The molecule has 0 atom stereocenters. The maximum Gasteiger partial charge on any atom is 0.289 e. The zero-order valence-corrected chi connectivity index (χ0v) is 15.2. The zero-order valence-electron chi connectivity index (χ0n) is 14.4. The van der Waals surface area contributed by atoms with Crippen LogP contribution in [0.3, 0.4) is 0 Å². The Balaban J connectivity index is 0.00000169. The number of carbonyl (C=O) groups is 1. The molecule has 1 N–H and O–H groups in total. The van der Waals surface area contributed by atoms with Gasteiger partial charge in [-0.3, -0.25) is 4.79 Å². The molecule has 1 aromatic carbocycles. The summed E-state index contributed by atoms with van der Waals surface area (Å²) in [6.07, 6.45) is 3.45. The van der Waals surface area contributed by atoms with Crippen LogP contribution in [-0.4, -0.2) is 37.0 Å². The first kappa shape index (κ1) is 17.3. The topological polar surface area (TPSA) is 45.5 Å². The molecule has 4 rings (SSSR count). The molecule has 0 aliphatic carbocycles. The quantitative estimate of drug-likeness (QED) is 0.855. The van der Waals surface area contributed by atoms with Gasteiger partial charge in [0.1, 0.15) is 5.58 Å². The second-order valence-electron chi connectivity index (χ2n) is 7.23. The lowest BCUT2D eigenvalue weighted by molar-refractivity contribution is 0.0578. The van der Waals surface area contributed by atoms with Crippen molar-refractivity contribution in [3.05, 3.63) is 35.1 Å². The molecule has 1 aromatic heterocycles. The minimum Gasteiger partial charge on any atom is -0.450 e. The van der Waals surface area contributed by atoms with E-state index in [1.807, 2.05) is 36.9 Å². The number of nitrogens with zero attached hydrogens (tertiary/aromatic N) is 1. The largest absolute Gasteiger partial charge is 0.450 e. The van der Waals surface area contributed by atoms with Crippen molar-refractivity contribution in [1.82, 2.24) is 10.2 Å². The number of rotatable bonds is 1. The van der Waals surface area contributed by atoms with Gasteiger partial charge in [0.25, 0.3) is 5.91 Å². The highest BCUT2D eigenvalue weighted by atomic mass is 35.5. The van der Waals surface area contributed by atoms with Gasteiger partial charge < -0.3 is 14.6 Å². The van der Waals surface area contributed by atoms with Crippen LogP contribution in [0, 0.1) is 19.3 Å². The maximum absolute atomic E-state index is 12.9. The predicted molar refractivity (Wildman–Crippen MR) is 98.0 cm³/mol. The maximum atomic E-state index is 12.9. The van der Waals surface area contributed by atoms with Crippen LogP contribution in [0.1, 0.15) is 40.9 Å². The molecule has 2 fully saturated rings. The van der Waals surface area contributed by atoms with Crippen molar-refractivity contribution < 1.29 is 9.21 Å². The van der Waals surface area contributed by atoms with Crippen LogP contribution in [0.4, 0.5) is 0 Å². The summed E-state index contributed by atoms with van der Waals surface area (Å²) in [7, 11) is 0. The van der Waals surface area contributed by atoms with Crippen molar-refractivity contribution >= 4 is 29.3 Å². The standard InChI is InChI=1S/C19H24N2O2.ClH/c1-13-4-3-5-15-14(2)17(23-16(13)15)18(22)21-10-7-19(8-11-21)6-9-20-12-19;/h3-5,20H,6-12H2,1-2H3;1H. The number of piperidine rings is 1. The Bertz CT molecular complexity index is 752. The molecule has 24 heavy (non-hydrogen) atoms. The minimum atomic E-state index is 0. The van der Waals surface area contributed by atoms with Gasteiger partial charge >= 0.3 is 0 Å². The minimum absolute atomic E-state index is 0. The van der Waals surface area contributed by atoms with E-state index in [0.717, 1.165) is 61.1 Å².